The van der Waals surface area contributed by atoms with Crippen molar-refractivity contribution in [1.82, 2.24) is 4.90 Å². The fraction of sp³-hybridized carbons (Fsp3) is 0.467. The molecule has 2 saturated heterocycles. The lowest BCUT2D eigenvalue weighted by Gasteiger charge is -2.43. The third-order valence-corrected chi connectivity index (χ3v) is 9.31. The molecular formula is C30H36BNO5S. The molecule has 2 fully saturated rings. The lowest BCUT2D eigenvalue weighted by Crippen LogP contribution is -2.46. The third-order valence-electron chi connectivity index (χ3n) is 8.45. The van der Waals surface area contributed by atoms with E-state index in [9.17, 15) is 19.7 Å². The number of rotatable bonds is 7. The van der Waals surface area contributed by atoms with Crippen LogP contribution in [0.2, 0.25) is 6.32 Å². The number of carbonyl (C=O) groups excluding carboxylic acids is 2. The topological polar surface area (TPSA) is 87.1 Å². The number of hydrogen-bond acceptors (Lipinski definition) is 6. The Morgan fingerprint density at radius 2 is 1.95 bits per heavy atom. The van der Waals surface area contributed by atoms with Crippen molar-refractivity contribution in [3.63, 3.8) is 0 Å². The Morgan fingerprint density at radius 3 is 2.61 bits per heavy atom. The first-order valence-corrected chi connectivity index (χ1v) is 14.5. The van der Waals surface area contributed by atoms with Gasteiger partial charge in [0, 0.05) is 4.88 Å². The normalized spacial score (nSPS) is 25.8. The first-order chi connectivity index (χ1) is 18.2. The van der Waals surface area contributed by atoms with Crippen molar-refractivity contribution in [1.29, 1.82) is 0 Å². The number of thiophene rings is 1. The van der Waals surface area contributed by atoms with Gasteiger partial charge in [0.05, 0.1) is 24.5 Å². The maximum absolute atomic E-state index is 13.6. The summed E-state index contributed by atoms with van der Waals surface area (Å²) in [6, 6.07) is 7.85. The summed E-state index contributed by atoms with van der Waals surface area (Å²) in [4.78, 5) is 29.5. The number of allylic oxidation sites excluding steroid dienone is 2. The van der Waals surface area contributed by atoms with Crippen LogP contribution in [0.5, 0.6) is 5.75 Å². The van der Waals surface area contributed by atoms with Crippen LogP contribution in [-0.2, 0) is 20.8 Å². The highest BCUT2D eigenvalue weighted by atomic mass is 32.1. The zero-order valence-corrected chi connectivity index (χ0v) is 23.4. The Balaban J connectivity index is 1.37. The number of nitrogens with zero attached hydrogens (tertiary/aromatic N) is 1. The summed E-state index contributed by atoms with van der Waals surface area (Å²) < 4.78 is 6.09. The van der Waals surface area contributed by atoms with Gasteiger partial charge < -0.3 is 14.8 Å². The van der Waals surface area contributed by atoms with Gasteiger partial charge in [0.1, 0.15) is 5.75 Å². The highest BCUT2D eigenvalue weighted by Crippen LogP contribution is 2.51. The monoisotopic (exact) mass is 533 g/mol. The number of aryl methyl sites for hydroxylation is 2. The van der Waals surface area contributed by atoms with Gasteiger partial charge in [0.15, 0.2) is 0 Å². The Kier molecular flexibility index (Phi) is 7.67. The van der Waals surface area contributed by atoms with Crippen molar-refractivity contribution in [3.05, 3.63) is 67.9 Å². The summed E-state index contributed by atoms with van der Waals surface area (Å²) in [5, 5.41) is 22.8. The van der Waals surface area contributed by atoms with Crippen LogP contribution >= 0.6 is 11.3 Å². The molecule has 2 aromatic rings. The molecule has 0 bridgehead atoms. The zero-order valence-electron chi connectivity index (χ0n) is 22.6. The van der Waals surface area contributed by atoms with Crippen LogP contribution in [0, 0.1) is 31.6 Å². The fourth-order valence-corrected chi connectivity index (χ4v) is 7.36. The second kappa shape index (κ2) is 10.8. The van der Waals surface area contributed by atoms with Gasteiger partial charge in [-0.2, -0.15) is 0 Å². The van der Waals surface area contributed by atoms with Crippen LogP contribution in [0.3, 0.4) is 0 Å². The summed E-state index contributed by atoms with van der Waals surface area (Å²) in [5.41, 5.74) is 6.28. The van der Waals surface area contributed by atoms with Crippen LogP contribution in [0.25, 0.3) is 6.08 Å². The van der Waals surface area contributed by atoms with Crippen molar-refractivity contribution in [2.45, 2.75) is 72.3 Å². The van der Waals surface area contributed by atoms with E-state index in [1.54, 1.807) is 11.3 Å². The first kappa shape index (κ1) is 26.9. The minimum absolute atomic E-state index is 0.0748. The SMILES string of the molecule is CCC1=C2[C@@H](CC/C(C)=C/c3cc(C)c(O)c(C)c3)OB(O)C[C@@H]2[C@@H]2C(=O)N(Cc3cccs3)C(=O)[C@@H]2C1. The summed E-state index contributed by atoms with van der Waals surface area (Å²) in [5.74, 6) is -0.789. The fourth-order valence-electron chi connectivity index (χ4n) is 6.67. The van der Waals surface area contributed by atoms with Crippen molar-refractivity contribution >= 4 is 36.3 Å². The van der Waals surface area contributed by atoms with E-state index in [0.29, 0.717) is 31.5 Å². The van der Waals surface area contributed by atoms with Crippen molar-refractivity contribution < 1.29 is 24.4 Å². The Hall–Kier alpha value is -2.68. The number of benzene rings is 1. The molecule has 8 heteroatoms. The third kappa shape index (κ3) is 5.02. The van der Waals surface area contributed by atoms with Crippen molar-refractivity contribution in [3.8, 4) is 5.75 Å². The van der Waals surface area contributed by atoms with Gasteiger partial charge in [0.25, 0.3) is 0 Å². The average molecular weight is 533 g/mol. The number of imide groups is 1. The molecule has 0 spiro atoms. The van der Waals surface area contributed by atoms with E-state index < -0.39 is 13.0 Å². The van der Waals surface area contributed by atoms with Gasteiger partial charge >= 0.3 is 7.12 Å². The molecule has 6 nitrogen and oxygen atoms in total. The molecule has 2 amide bonds. The standard InChI is InChI=1S/C30H36BNO5S/c1-5-21-14-23-27(30(35)32(29(23)34)16-22-7-6-10-38-22)24-15-31(36)37-25(26(21)24)9-8-17(2)11-20-12-18(3)28(33)19(4)13-20/h6-7,10-13,23-25,27,33,36H,5,8-9,14-16H2,1-4H3/b17-11+/t23-,24+,25-,27-/m1/s1. The molecule has 0 saturated carbocycles. The molecule has 1 aromatic carbocycles. The summed E-state index contributed by atoms with van der Waals surface area (Å²) in [6.07, 6.45) is 5.07. The summed E-state index contributed by atoms with van der Waals surface area (Å²) >= 11 is 1.55. The van der Waals surface area contributed by atoms with Gasteiger partial charge in [-0.25, -0.2) is 0 Å². The van der Waals surface area contributed by atoms with E-state index in [2.05, 4.69) is 19.9 Å². The first-order valence-electron chi connectivity index (χ1n) is 13.6. The molecular weight excluding hydrogens is 497 g/mol. The molecule has 38 heavy (non-hydrogen) atoms. The van der Waals surface area contributed by atoms with Crippen LogP contribution in [-0.4, -0.2) is 40.1 Å². The number of phenols is 1. The molecule has 2 aliphatic heterocycles. The predicted molar refractivity (Wildman–Crippen MR) is 150 cm³/mol. The van der Waals surface area contributed by atoms with E-state index >= 15 is 0 Å². The van der Waals surface area contributed by atoms with E-state index in [0.717, 1.165) is 40.0 Å². The Bertz CT molecular complexity index is 1280. The van der Waals surface area contributed by atoms with Gasteiger partial charge in [0.2, 0.25) is 11.8 Å². The molecule has 2 N–H and O–H groups in total. The van der Waals surface area contributed by atoms with E-state index in [-0.39, 0.29) is 29.8 Å². The van der Waals surface area contributed by atoms with Crippen molar-refractivity contribution in [2.75, 3.05) is 0 Å². The lowest BCUT2D eigenvalue weighted by molar-refractivity contribution is -0.140. The van der Waals surface area contributed by atoms with Crippen LogP contribution < -0.4 is 0 Å². The zero-order chi connectivity index (χ0) is 27.1. The number of aromatic hydroxyl groups is 1. The largest absolute Gasteiger partial charge is 0.507 e. The maximum atomic E-state index is 13.6. The molecule has 0 radical (unpaired) electrons. The number of hydrogen-bond donors (Lipinski definition) is 2. The van der Waals surface area contributed by atoms with Gasteiger partial charge in [-0.1, -0.05) is 30.2 Å². The van der Waals surface area contributed by atoms with Gasteiger partial charge in [-0.3, -0.25) is 14.5 Å². The molecule has 200 valence electrons. The lowest BCUT2D eigenvalue weighted by atomic mass is 9.58. The minimum atomic E-state index is -0.952. The molecule has 5 rings (SSSR count). The number of likely N-dealkylation sites (tertiary alicyclic amines) is 1. The molecule has 4 atom stereocenters. The Labute approximate surface area is 229 Å². The predicted octanol–water partition coefficient (Wildman–Crippen LogP) is 5.66. The Morgan fingerprint density at radius 1 is 1.21 bits per heavy atom. The van der Waals surface area contributed by atoms with Crippen molar-refractivity contribution in [2.24, 2.45) is 17.8 Å². The number of phenolic OH excluding ortho intramolecular Hbond substituents is 1. The second-order valence-corrected chi connectivity index (χ2v) is 12.1. The minimum Gasteiger partial charge on any atom is -0.507 e. The highest BCUT2D eigenvalue weighted by molar-refractivity contribution is 7.09. The van der Waals surface area contributed by atoms with Crippen LogP contribution in [0.1, 0.15) is 61.1 Å². The molecule has 0 unspecified atom stereocenters. The number of amides is 2. The highest BCUT2D eigenvalue weighted by Gasteiger charge is 2.57. The second-order valence-electron chi connectivity index (χ2n) is 11.0. The molecule has 3 aliphatic rings. The average Bonchev–Trinajstić information content (AvgIpc) is 3.48. The van der Waals surface area contributed by atoms with E-state index in [1.165, 1.54) is 16.0 Å². The number of carbonyl (C=O) groups is 2. The van der Waals surface area contributed by atoms with Gasteiger partial charge in [-0.05, 0) is 105 Å². The van der Waals surface area contributed by atoms with E-state index in [1.807, 2.05) is 43.5 Å². The van der Waals surface area contributed by atoms with Crippen LogP contribution in [0.15, 0.2) is 46.4 Å². The van der Waals surface area contributed by atoms with Crippen LogP contribution in [0.4, 0.5) is 0 Å². The summed E-state index contributed by atoms with van der Waals surface area (Å²) in [6.45, 7) is 8.32. The summed E-state index contributed by atoms with van der Waals surface area (Å²) in [7, 11) is -0.952. The van der Waals surface area contributed by atoms with E-state index in [4.69, 9.17) is 4.65 Å². The molecule has 3 heterocycles. The van der Waals surface area contributed by atoms with Gasteiger partial charge in [-0.15, -0.1) is 11.3 Å². The number of fused-ring (bicyclic) bond motifs is 3. The quantitative estimate of drug-likeness (QED) is 0.273. The smallest absolute Gasteiger partial charge is 0.455 e. The maximum Gasteiger partial charge on any atom is 0.455 e. The molecule has 1 aromatic heterocycles. The molecule has 1 aliphatic carbocycles.